The largest absolute Gasteiger partial charge is 0.465 e. The van der Waals surface area contributed by atoms with Gasteiger partial charge in [0.05, 0.1) is 12.6 Å². The topological polar surface area (TPSA) is 72.0 Å². The molecule has 0 N–H and O–H groups in total. The molecule has 0 bridgehead atoms. The van der Waals surface area contributed by atoms with E-state index in [-0.39, 0.29) is 6.09 Å². The lowest BCUT2D eigenvalue weighted by Gasteiger charge is -2.47. The number of rotatable bonds is 2. The number of carbonyl (C=O) groups is 2. The Kier molecular flexibility index (Phi) is 5.70. The van der Waals surface area contributed by atoms with Crippen LogP contribution in [0.3, 0.4) is 0 Å². The fourth-order valence-electron chi connectivity index (χ4n) is 2.93. The SMILES string of the molecule is COC(=O)c1ccc(Cl)nc1N1CCN(C(=O)OC(C)(C)C)C(C)(C)C1. The third-order valence-corrected chi connectivity index (χ3v) is 4.27. The summed E-state index contributed by atoms with van der Waals surface area (Å²) in [6.45, 7) is 10.8. The van der Waals surface area contributed by atoms with Gasteiger partial charge in [0.15, 0.2) is 0 Å². The molecule has 0 atom stereocenters. The van der Waals surface area contributed by atoms with Crippen LogP contribution in [0.25, 0.3) is 0 Å². The van der Waals surface area contributed by atoms with Crippen LogP contribution < -0.4 is 4.90 Å². The summed E-state index contributed by atoms with van der Waals surface area (Å²) in [6.07, 6.45) is -0.352. The second-order valence-corrected chi connectivity index (χ2v) is 8.25. The Bertz CT molecular complexity index is 700. The fraction of sp³-hybridized carbons (Fsp3) is 0.611. The average Bonchev–Trinajstić information content (AvgIpc) is 2.51. The molecule has 8 heteroatoms. The lowest BCUT2D eigenvalue weighted by atomic mass is 9.99. The third-order valence-electron chi connectivity index (χ3n) is 4.06. The summed E-state index contributed by atoms with van der Waals surface area (Å²) in [4.78, 5) is 32.6. The average molecular weight is 384 g/mol. The molecule has 1 amide bonds. The molecule has 1 aliphatic rings. The number of halogens is 1. The lowest BCUT2D eigenvalue weighted by molar-refractivity contribution is 0.000233. The maximum absolute atomic E-state index is 12.5. The van der Waals surface area contributed by atoms with Crippen molar-refractivity contribution in [3.8, 4) is 0 Å². The number of hydrogen-bond donors (Lipinski definition) is 0. The number of piperazine rings is 1. The number of hydrogen-bond acceptors (Lipinski definition) is 6. The minimum absolute atomic E-state index is 0.292. The number of esters is 1. The quantitative estimate of drug-likeness (QED) is 0.576. The minimum Gasteiger partial charge on any atom is -0.465 e. The van der Waals surface area contributed by atoms with Gasteiger partial charge < -0.3 is 14.4 Å². The molecule has 144 valence electrons. The Morgan fingerprint density at radius 3 is 2.42 bits per heavy atom. The molecule has 0 unspecified atom stereocenters. The molecule has 0 aromatic carbocycles. The molecule has 7 nitrogen and oxygen atoms in total. The number of carbonyl (C=O) groups excluding carboxylic acids is 2. The normalized spacial score (nSPS) is 17.0. The van der Waals surface area contributed by atoms with Crippen LogP contribution in [0.1, 0.15) is 45.0 Å². The van der Waals surface area contributed by atoms with Gasteiger partial charge in [0.1, 0.15) is 22.1 Å². The van der Waals surface area contributed by atoms with Crippen molar-refractivity contribution in [3.63, 3.8) is 0 Å². The van der Waals surface area contributed by atoms with Crippen molar-refractivity contribution in [2.24, 2.45) is 0 Å². The lowest BCUT2D eigenvalue weighted by Crippen LogP contribution is -2.62. The van der Waals surface area contributed by atoms with E-state index in [1.807, 2.05) is 39.5 Å². The first-order chi connectivity index (χ1) is 11.9. The number of aromatic nitrogens is 1. The van der Waals surface area contributed by atoms with Gasteiger partial charge in [-0.05, 0) is 46.8 Å². The van der Waals surface area contributed by atoms with E-state index in [4.69, 9.17) is 21.1 Å². The number of methoxy groups -OCH3 is 1. The van der Waals surface area contributed by atoms with E-state index in [0.29, 0.717) is 36.2 Å². The van der Waals surface area contributed by atoms with Crippen molar-refractivity contribution in [1.29, 1.82) is 0 Å². The van der Waals surface area contributed by atoms with Gasteiger partial charge in [0.2, 0.25) is 0 Å². The van der Waals surface area contributed by atoms with Gasteiger partial charge in [-0.15, -0.1) is 0 Å². The van der Waals surface area contributed by atoms with Crippen LogP contribution in [0.2, 0.25) is 5.15 Å². The fourth-order valence-corrected chi connectivity index (χ4v) is 3.07. The molecular formula is C18H26ClN3O4. The van der Waals surface area contributed by atoms with E-state index < -0.39 is 17.1 Å². The Balaban J connectivity index is 2.26. The predicted molar refractivity (Wildman–Crippen MR) is 99.8 cm³/mol. The zero-order valence-corrected chi connectivity index (χ0v) is 16.9. The van der Waals surface area contributed by atoms with Crippen molar-refractivity contribution in [1.82, 2.24) is 9.88 Å². The molecule has 1 saturated heterocycles. The molecule has 1 aromatic rings. The summed E-state index contributed by atoms with van der Waals surface area (Å²) >= 11 is 6.03. The number of anilines is 1. The van der Waals surface area contributed by atoms with E-state index >= 15 is 0 Å². The van der Waals surface area contributed by atoms with Gasteiger partial charge in [-0.3, -0.25) is 4.90 Å². The van der Waals surface area contributed by atoms with E-state index in [1.165, 1.54) is 7.11 Å². The van der Waals surface area contributed by atoms with Crippen LogP contribution in [-0.2, 0) is 9.47 Å². The first-order valence-electron chi connectivity index (χ1n) is 8.45. The molecule has 1 aliphatic heterocycles. The second kappa shape index (κ2) is 7.31. The van der Waals surface area contributed by atoms with E-state index in [1.54, 1.807) is 17.0 Å². The Morgan fingerprint density at radius 1 is 1.23 bits per heavy atom. The zero-order chi connectivity index (χ0) is 19.7. The number of nitrogens with zero attached hydrogens (tertiary/aromatic N) is 3. The predicted octanol–water partition coefficient (Wildman–Crippen LogP) is 3.36. The van der Waals surface area contributed by atoms with Crippen molar-refractivity contribution in [2.75, 3.05) is 31.6 Å². The minimum atomic E-state index is -0.559. The van der Waals surface area contributed by atoms with Crippen molar-refractivity contribution in [3.05, 3.63) is 22.8 Å². The molecule has 2 heterocycles. The standard InChI is InChI=1S/C18H26ClN3O4/c1-17(2,3)26-16(24)22-10-9-21(11-18(22,4)5)14-12(15(23)25-6)7-8-13(19)20-14/h7-8H,9-11H2,1-6H3. The van der Waals surface area contributed by atoms with Gasteiger partial charge in [-0.1, -0.05) is 11.6 Å². The Hall–Kier alpha value is -2.02. The monoisotopic (exact) mass is 383 g/mol. The molecule has 1 aromatic heterocycles. The highest BCUT2D eigenvalue weighted by Gasteiger charge is 2.40. The maximum Gasteiger partial charge on any atom is 0.410 e. The first kappa shape index (κ1) is 20.3. The summed E-state index contributed by atoms with van der Waals surface area (Å²) in [7, 11) is 1.32. The number of amides is 1. The highest BCUT2D eigenvalue weighted by molar-refractivity contribution is 6.29. The summed E-state index contributed by atoms with van der Waals surface area (Å²) in [5, 5.41) is 0.292. The molecule has 0 radical (unpaired) electrons. The molecule has 26 heavy (non-hydrogen) atoms. The molecule has 0 aliphatic carbocycles. The molecule has 1 fully saturated rings. The number of pyridine rings is 1. The van der Waals surface area contributed by atoms with Crippen molar-refractivity contribution in [2.45, 2.75) is 45.8 Å². The molecule has 2 rings (SSSR count). The van der Waals surface area contributed by atoms with E-state index in [2.05, 4.69) is 4.98 Å². The molecular weight excluding hydrogens is 358 g/mol. The van der Waals surface area contributed by atoms with Crippen LogP contribution in [0, 0.1) is 0 Å². The Labute approximate surface area is 159 Å². The summed E-state index contributed by atoms with van der Waals surface area (Å²) < 4.78 is 10.4. The second-order valence-electron chi connectivity index (χ2n) is 7.86. The van der Waals surface area contributed by atoms with Gasteiger partial charge >= 0.3 is 12.1 Å². The van der Waals surface area contributed by atoms with Crippen molar-refractivity contribution < 1.29 is 19.1 Å². The van der Waals surface area contributed by atoms with Crippen LogP contribution >= 0.6 is 11.6 Å². The third kappa shape index (κ3) is 4.58. The maximum atomic E-state index is 12.5. The van der Waals surface area contributed by atoms with Gasteiger partial charge in [-0.25, -0.2) is 14.6 Å². The van der Waals surface area contributed by atoms with Crippen molar-refractivity contribution >= 4 is 29.5 Å². The number of ether oxygens (including phenoxy) is 2. The van der Waals surface area contributed by atoms with E-state index in [0.717, 1.165) is 0 Å². The van der Waals surface area contributed by atoms with E-state index in [9.17, 15) is 9.59 Å². The molecule has 0 saturated carbocycles. The summed E-state index contributed by atoms with van der Waals surface area (Å²) in [6, 6.07) is 3.16. The van der Waals surface area contributed by atoms with Crippen LogP contribution in [-0.4, -0.2) is 59.8 Å². The van der Waals surface area contributed by atoms with Crippen LogP contribution in [0.15, 0.2) is 12.1 Å². The summed E-state index contributed by atoms with van der Waals surface area (Å²) in [5.74, 6) is -0.0159. The summed E-state index contributed by atoms with van der Waals surface area (Å²) in [5.41, 5.74) is -0.729. The van der Waals surface area contributed by atoms with Gasteiger partial charge in [-0.2, -0.15) is 0 Å². The smallest absolute Gasteiger partial charge is 0.410 e. The van der Waals surface area contributed by atoms with Gasteiger partial charge in [0, 0.05) is 19.6 Å². The van der Waals surface area contributed by atoms with Crippen LogP contribution in [0.4, 0.5) is 10.6 Å². The van der Waals surface area contributed by atoms with Crippen LogP contribution in [0.5, 0.6) is 0 Å². The highest BCUT2D eigenvalue weighted by Crippen LogP contribution is 2.29. The zero-order valence-electron chi connectivity index (χ0n) is 16.1. The van der Waals surface area contributed by atoms with Gasteiger partial charge in [0.25, 0.3) is 0 Å². The first-order valence-corrected chi connectivity index (χ1v) is 8.83. The Morgan fingerprint density at radius 2 is 1.88 bits per heavy atom. The molecule has 0 spiro atoms. The highest BCUT2D eigenvalue weighted by atomic mass is 35.5.